The van der Waals surface area contributed by atoms with Crippen LogP contribution in [-0.4, -0.2) is 15.0 Å². The third-order valence-electron chi connectivity index (χ3n) is 1.90. The fourth-order valence-corrected chi connectivity index (χ4v) is 1.07. The first-order chi connectivity index (χ1) is 6.27. The lowest BCUT2D eigenvalue weighted by molar-refractivity contribution is 0.471. The molecule has 0 aromatic carbocycles. The highest BCUT2D eigenvalue weighted by Crippen LogP contribution is 2.08. The average Bonchev–Trinajstić information content (AvgIpc) is 2.71. The van der Waals surface area contributed by atoms with Gasteiger partial charge in [0.2, 0.25) is 0 Å². The van der Waals surface area contributed by atoms with E-state index in [-0.39, 0.29) is 0 Å². The van der Waals surface area contributed by atoms with E-state index < -0.39 is 0 Å². The number of aromatic nitrogens is 3. The second-order valence-electron chi connectivity index (χ2n) is 2.80. The summed E-state index contributed by atoms with van der Waals surface area (Å²) in [5.74, 6) is 1.31. The normalized spacial score (nSPS) is 10.5. The van der Waals surface area contributed by atoms with E-state index in [1.54, 1.807) is 10.9 Å². The number of nitrogens with zero attached hydrogens (tertiary/aromatic N) is 3. The van der Waals surface area contributed by atoms with Gasteiger partial charge in [0.25, 0.3) is 0 Å². The Bertz CT molecular complexity index is 390. The molecule has 0 aliphatic heterocycles. The topological polar surface area (TPSA) is 69.9 Å². The molecule has 0 amide bonds. The van der Waals surface area contributed by atoms with Crippen molar-refractivity contribution in [3.63, 3.8) is 0 Å². The van der Waals surface area contributed by atoms with E-state index in [1.807, 2.05) is 19.1 Å². The van der Waals surface area contributed by atoms with Crippen molar-refractivity contribution >= 4 is 5.82 Å². The van der Waals surface area contributed by atoms with E-state index in [0.29, 0.717) is 12.4 Å². The van der Waals surface area contributed by atoms with E-state index >= 15 is 0 Å². The number of anilines is 1. The van der Waals surface area contributed by atoms with Crippen LogP contribution in [-0.2, 0) is 6.54 Å². The minimum absolute atomic E-state index is 0.464. The maximum absolute atomic E-state index is 5.54. The zero-order valence-electron chi connectivity index (χ0n) is 7.27. The summed E-state index contributed by atoms with van der Waals surface area (Å²) in [5.41, 5.74) is 6.40. The van der Waals surface area contributed by atoms with Crippen LogP contribution in [0.1, 0.15) is 11.5 Å². The number of rotatable bonds is 2. The van der Waals surface area contributed by atoms with E-state index in [4.69, 9.17) is 10.2 Å². The van der Waals surface area contributed by atoms with Crippen LogP contribution in [0.15, 0.2) is 22.8 Å². The lowest BCUT2D eigenvalue weighted by Gasteiger charge is -1.98. The third kappa shape index (κ3) is 1.40. The summed E-state index contributed by atoms with van der Waals surface area (Å²) in [6, 6.07) is 3.72. The molecule has 2 rings (SSSR count). The number of furan rings is 1. The minimum Gasteiger partial charge on any atom is -0.467 e. The standard InChI is InChI=1S/C8H10N4O/c1-6-8(9)10-11-12(6)5-7-3-2-4-13-7/h2-4H,5,9H2,1H3. The Kier molecular flexibility index (Phi) is 1.77. The number of hydrogen-bond acceptors (Lipinski definition) is 4. The van der Waals surface area contributed by atoms with Crippen LogP contribution in [0.5, 0.6) is 0 Å². The van der Waals surface area contributed by atoms with Crippen molar-refractivity contribution in [1.82, 2.24) is 15.0 Å². The molecule has 0 aliphatic rings. The molecule has 2 aromatic rings. The summed E-state index contributed by atoms with van der Waals surface area (Å²) in [6.45, 7) is 2.45. The first kappa shape index (κ1) is 7.85. The zero-order chi connectivity index (χ0) is 9.26. The van der Waals surface area contributed by atoms with Gasteiger partial charge in [0, 0.05) is 0 Å². The summed E-state index contributed by atoms with van der Waals surface area (Å²) in [4.78, 5) is 0. The Labute approximate surface area is 75.1 Å². The fourth-order valence-electron chi connectivity index (χ4n) is 1.07. The molecule has 0 saturated heterocycles. The van der Waals surface area contributed by atoms with Crippen molar-refractivity contribution in [2.45, 2.75) is 13.5 Å². The molecule has 0 aliphatic carbocycles. The first-order valence-corrected chi connectivity index (χ1v) is 3.95. The first-order valence-electron chi connectivity index (χ1n) is 3.95. The smallest absolute Gasteiger partial charge is 0.168 e. The molecule has 0 radical (unpaired) electrons. The molecule has 2 aromatic heterocycles. The molecule has 2 N–H and O–H groups in total. The van der Waals surface area contributed by atoms with Gasteiger partial charge in [-0.2, -0.15) is 0 Å². The lowest BCUT2D eigenvalue weighted by Crippen LogP contribution is -2.03. The SMILES string of the molecule is Cc1c(N)nnn1Cc1ccco1. The van der Waals surface area contributed by atoms with Crippen LogP contribution in [0, 0.1) is 6.92 Å². The van der Waals surface area contributed by atoms with Crippen LogP contribution in [0.2, 0.25) is 0 Å². The van der Waals surface area contributed by atoms with Crippen molar-refractivity contribution in [3.05, 3.63) is 29.9 Å². The van der Waals surface area contributed by atoms with Gasteiger partial charge in [0.15, 0.2) is 5.82 Å². The van der Waals surface area contributed by atoms with E-state index in [1.165, 1.54) is 0 Å². The van der Waals surface area contributed by atoms with Gasteiger partial charge in [-0.3, -0.25) is 0 Å². The van der Waals surface area contributed by atoms with Gasteiger partial charge in [-0.05, 0) is 19.1 Å². The van der Waals surface area contributed by atoms with E-state index in [9.17, 15) is 0 Å². The molecular formula is C8H10N4O. The Hall–Kier alpha value is -1.78. The summed E-state index contributed by atoms with van der Waals surface area (Å²) < 4.78 is 6.87. The van der Waals surface area contributed by atoms with Crippen molar-refractivity contribution in [3.8, 4) is 0 Å². The van der Waals surface area contributed by atoms with Gasteiger partial charge in [0.05, 0.1) is 12.0 Å². The quantitative estimate of drug-likeness (QED) is 0.738. The van der Waals surface area contributed by atoms with Gasteiger partial charge < -0.3 is 10.2 Å². The number of nitrogens with two attached hydrogens (primary N) is 1. The molecule has 0 fully saturated rings. The molecular weight excluding hydrogens is 168 g/mol. The van der Waals surface area contributed by atoms with Crippen LogP contribution in [0.4, 0.5) is 5.82 Å². The molecule has 13 heavy (non-hydrogen) atoms. The number of hydrogen-bond donors (Lipinski definition) is 1. The maximum Gasteiger partial charge on any atom is 0.168 e. The summed E-state index contributed by atoms with van der Waals surface area (Å²) in [6.07, 6.45) is 1.63. The average molecular weight is 178 g/mol. The predicted molar refractivity (Wildman–Crippen MR) is 47.0 cm³/mol. The summed E-state index contributed by atoms with van der Waals surface area (Å²) in [5, 5.41) is 7.62. The molecule has 5 nitrogen and oxygen atoms in total. The Morgan fingerprint density at radius 1 is 1.62 bits per heavy atom. The van der Waals surface area contributed by atoms with E-state index in [2.05, 4.69) is 10.3 Å². The Balaban J connectivity index is 2.24. The zero-order valence-corrected chi connectivity index (χ0v) is 7.27. The van der Waals surface area contributed by atoms with Crippen molar-refractivity contribution in [2.75, 3.05) is 5.73 Å². The Morgan fingerprint density at radius 3 is 3.00 bits per heavy atom. The second kappa shape index (κ2) is 2.93. The van der Waals surface area contributed by atoms with Gasteiger partial charge in [-0.15, -0.1) is 5.10 Å². The highest BCUT2D eigenvalue weighted by molar-refractivity contribution is 5.31. The summed E-state index contributed by atoms with van der Waals surface area (Å²) in [7, 11) is 0. The van der Waals surface area contributed by atoms with Crippen molar-refractivity contribution in [1.29, 1.82) is 0 Å². The van der Waals surface area contributed by atoms with E-state index in [0.717, 1.165) is 11.5 Å². The summed E-state index contributed by atoms with van der Waals surface area (Å²) >= 11 is 0. The van der Waals surface area contributed by atoms with Crippen LogP contribution in [0.25, 0.3) is 0 Å². The van der Waals surface area contributed by atoms with Crippen molar-refractivity contribution in [2.24, 2.45) is 0 Å². The largest absolute Gasteiger partial charge is 0.467 e. The van der Waals surface area contributed by atoms with Gasteiger partial charge in [-0.1, -0.05) is 5.21 Å². The molecule has 68 valence electrons. The van der Waals surface area contributed by atoms with Gasteiger partial charge >= 0.3 is 0 Å². The highest BCUT2D eigenvalue weighted by atomic mass is 16.3. The van der Waals surface area contributed by atoms with Gasteiger partial charge in [0.1, 0.15) is 12.3 Å². The van der Waals surface area contributed by atoms with Crippen LogP contribution >= 0.6 is 0 Å². The van der Waals surface area contributed by atoms with Crippen LogP contribution < -0.4 is 5.73 Å². The molecule has 5 heteroatoms. The maximum atomic E-state index is 5.54. The molecule has 0 bridgehead atoms. The van der Waals surface area contributed by atoms with Crippen LogP contribution in [0.3, 0.4) is 0 Å². The van der Waals surface area contributed by atoms with Crippen molar-refractivity contribution < 1.29 is 4.42 Å². The van der Waals surface area contributed by atoms with Gasteiger partial charge in [-0.25, -0.2) is 4.68 Å². The molecule has 0 unspecified atom stereocenters. The second-order valence-corrected chi connectivity index (χ2v) is 2.80. The lowest BCUT2D eigenvalue weighted by atomic mass is 10.4. The molecule has 0 saturated carbocycles. The fraction of sp³-hybridized carbons (Fsp3) is 0.250. The Morgan fingerprint density at radius 2 is 2.46 bits per heavy atom. The molecule has 2 heterocycles. The predicted octanol–water partition coefficient (Wildman–Crippen LogP) is 0.810. The molecule has 0 atom stereocenters. The highest BCUT2D eigenvalue weighted by Gasteiger charge is 2.05. The number of nitrogen functional groups attached to an aromatic ring is 1. The monoisotopic (exact) mass is 178 g/mol. The third-order valence-corrected chi connectivity index (χ3v) is 1.90. The minimum atomic E-state index is 0.464. The molecule has 0 spiro atoms.